The van der Waals surface area contributed by atoms with Gasteiger partial charge in [-0.15, -0.1) is 12.4 Å². The SMILES string of the molecule is CCCC1CCN1.Cl. The van der Waals surface area contributed by atoms with E-state index in [9.17, 15) is 0 Å². The fourth-order valence-corrected chi connectivity index (χ4v) is 0.943. The van der Waals surface area contributed by atoms with Gasteiger partial charge in [0.15, 0.2) is 0 Å². The lowest BCUT2D eigenvalue weighted by molar-refractivity contribution is 0.348. The zero-order valence-corrected chi connectivity index (χ0v) is 6.13. The molecule has 1 atom stereocenters. The van der Waals surface area contributed by atoms with Crippen molar-refractivity contribution in [3.8, 4) is 0 Å². The molecule has 0 saturated carbocycles. The number of nitrogens with one attached hydrogen (secondary N) is 1. The smallest absolute Gasteiger partial charge is 0.00790 e. The van der Waals surface area contributed by atoms with Gasteiger partial charge in [0.05, 0.1) is 0 Å². The molecule has 1 rings (SSSR count). The molecule has 1 aliphatic heterocycles. The van der Waals surface area contributed by atoms with Gasteiger partial charge >= 0.3 is 0 Å². The molecule has 8 heavy (non-hydrogen) atoms. The molecule has 50 valence electrons. The summed E-state index contributed by atoms with van der Waals surface area (Å²) in [5.41, 5.74) is 0. The highest BCUT2D eigenvalue weighted by Gasteiger charge is 2.13. The summed E-state index contributed by atoms with van der Waals surface area (Å²) in [6.07, 6.45) is 4.12. The second-order valence-electron chi connectivity index (χ2n) is 2.23. The van der Waals surface area contributed by atoms with Crippen molar-refractivity contribution in [2.45, 2.75) is 32.2 Å². The van der Waals surface area contributed by atoms with E-state index in [-0.39, 0.29) is 12.4 Å². The molecule has 1 saturated heterocycles. The molecule has 1 aliphatic rings. The average molecular weight is 136 g/mol. The first-order valence-corrected chi connectivity index (χ1v) is 3.17. The zero-order chi connectivity index (χ0) is 5.11. The minimum absolute atomic E-state index is 0. The molecule has 2 heteroatoms. The molecular weight excluding hydrogens is 122 g/mol. The Balaban J connectivity index is 0.000000490. The van der Waals surface area contributed by atoms with Crippen LogP contribution in [0.1, 0.15) is 26.2 Å². The maximum Gasteiger partial charge on any atom is 0.00790 e. The zero-order valence-electron chi connectivity index (χ0n) is 5.31. The van der Waals surface area contributed by atoms with Crippen LogP contribution in [0.5, 0.6) is 0 Å². The lowest BCUT2D eigenvalue weighted by atomic mass is 10.0. The highest BCUT2D eigenvalue weighted by Crippen LogP contribution is 2.07. The van der Waals surface area contributed by atoms with Crippen LogP contribution in [-0.4, -0.2) is 12.6 Å². The summed E-state index contributed by atoms with van der Waals surface area (Å²) < 4.78 is 0. The van der Waals surface area contributed by atoms with Crippen LogP contribution in [0.4, 0.5) is 0 Å². The fourth-order valence-electron chi connectivity index (χ4n) is 0.943. The van der Waals surface area contributed by atoms with E-state index < -0.39 is 0 Å². The molecule has 0 aromatic heterocycles. The Morgan fingerprint density at radius 1 is 1.62 bits per heavy atom. The van der Waals surface area contributed by atoms with Crippen LogP contribution in [-0.2, 0) is 0 Å². The van der Waals surface area contributed by atoms with Crippen molar-refractivity contribution < 1.29 is 0 Å². The van der Waals surface area contributed by atoms with Crippen LogP contribution in [0.2, 0.25) is 0 Å². The Labute approximate surface area is 57.3 Å². The van der Waals surface area contributed by atoms with Crippen LogP contribution in [0.25, 0.3) is 0 Å². The lowest BCUT2D eigenvalue weighted by Gasteiger charge is -2.26. The van der Waals surface area contributed by atoms with E-state index in [0.29, 0.717) is 0 Å². The third-order valence-electron chi connectivity index (χ3n) is 1.56. The predicted molar refractivity (Wildman–Crippen MR) is 38.6 cm³/mol. The summed E-state index contributed by atoms with van der Waals surface area (Å²) in [5.74, 6) is 0. The van der Waals surface area contributed by atoms with E-state index in [1.165, 1.54) is 25.8 Å². The second kappa shape index (κ2) is 4.16. The van der Waals surface area contributed by atoms with Gasteiger partial charge in [-0.25, -0.2) is 0 Å². The summed E-state index contributed by atoms with van der Waals surface area (Å²) in [7, 11) is 0. The molecule has 0 aromatic rings. The van der Waals surface area contributed by atoms with Gasteiger partial charge in [0.25, 0.3) is 0 Å². The van der Waals surface area contributed by atoms with E-state index in [1.54, 1.807) is 0 Å². The van der Waals surface area contributed by atoms with Gasteiger partial charge in [0.2, 0.25) is 0 Å². The van der Waals surface area contributed by atoms with E-state index in [2.05, 4.69) is 12.2 Å². The normalized spacial score (nSPS) is 25.9. The first kappa shape index (κ1) is 8.25. The summed E-state index contributed by atoms with van der Waals surface area (Å²) >= 11 is 0. The Morgan fingerprint density at radius 3 is 2.38 bits per heavy atom. The van der Waals surface area contributed by atoms with Gasteiger partial charge in [-0.1, -0.05) is 13.3 Å². The Kier molecular flexibility index (Phi) is 4.29. The number of rotatable bonds is 2. The van der Waals surface area contributed by atoms with E-state index >= 15 is 0 Å². The molecule has 1 unspecified atom stereocenters. The van der Waals surface area contributed by atoms with Crippen molar-refractivity contribution in [1.82, 2.24) is 5.32 Å². The molecule has 1 heterocycles. The summed E-state index contributed by atoms with van der Waals surface area (Å²) in [6, 6.07) is 0.880. The third-order valence-corrected chi connectivity index (χ3v) is 1.56. The number of hydrogen-bond acceptors (Lipinski definition) is 1. The monoisotopic (exact) mass is 135 g/mol. The topological polar surface area (TPSA) is 12.0 Å². The van der Waals surface area contributed by atoms with E-state index in [0.717, 1.165) is 6.04 Å². The molecule has 0 amide bonds. The fraction of sp³-hybridized carbons (Fsp3) is 1.00. The molecule has 1 fully saturated rings. The molecule has 1 nitrogen and oxygen atoms in total. The maximum absolute atomic E-state index is 3.35. The van der Waals surface area contributed by atoms with Crippen LogP contribution in [0.15, 0.2) is 0 Å². The lowest BCUT2D eigenvalue weighted by Crippen LogP contribution is -2.42. The van der Waals surface area contributed by atoms with E-state index in [1.807, 2.05) is 0 Å². The van der Waals surface area contributed by atoms with Gasteiger partial charge < -0.3 is 5.32 Å². The first-order valence-electron chi connectivity index (χ1n) is 3.17. The average Bonchev–Trinajstić information content (AvgIpc) is 1.55. The second-order valence-corrected chi connectivity index (χ2v) is 2.23. The highest BCUT2D eigenvalue weighted by atomic mass is 35.5. The van der Waals surface area contributed by atoms with Gasteiger partial charge in [0, 0.05) is 6.04 Å². The minimum Gasteiger partial charge on any atom is -0.314 e. The van der Waals surface area contributed by atoms with Crippen molar-refractivity contribution in [3.63, 3.8) is 0 Å². The van der Waals surface area contributed by atoms with Crippen molar-refractivity contribution in [2.24, 2.45) is 0 Å². The molecule has 1 N–H and O–H groups in total. The minimum atomic E-state index is 0. The standard InChI is InChI=1S/C6H13N.ClH/c1-2-3-6-4-5-7-6;/h6-7H,2-5H2,1H3;1H. The van der Waals surface area contributed by atoms with Gasteiger partial charge in [0.1, 0.15) is 0 Å². The Hall–Kier alpha value is 0.250. The summed E-state index contributed by atoms with van der Waals surface area (Å²) in [5, 5.41) is 3.35. The van der Waals surface area contributed by atoms with Crippen LogP contribution in [0.3, 0.4) is 0 Å². The molecule has 0 aliphatic carbocycles. The first-order chi connectivity index (χ1) is 3.43. The quantitative estimate of drug-likeness (QED) is 0.606. The number of hydrogen-bond donors (Lipinski definition) is 1. The summed E-state index contributed by atoms with van der Waals surface area (Å²) in [4.78, 5) is 0. The molecule has 0 radical (unpaired) electrons. The predicted octanol–water partition coefficient (Wildman–Crippen LogP) is 1.57. The number of halogens is 1. The molecule has 0 aromatic carbocycles. The third kappa shape index (κ3) is 2.01. The largest absolute Gasteiger partial charge is 0.314 e. The van der Waals surface area contributed by atoms with Crippen molar-refractivity contribution in [1.29, 1.82) is 0 Å². The molecule has 0 spiro atoms. The van der Waals surface area contributed by atoms with Crippen molar-refractivity contribution >= 4 is 12.4 Å². The molecular formula is C6H14ClN. The molecule has 0 bridgehead atoms. The van der Waals surface area contributed by atoms with Gasteiger partial charge in [-0.2, -0.15) is 0 Å². The van der Waals surface area contributed by atoms with Crippen LogP contribution < -0.4 is 5.32 Å². The maximum atomic E-state index is 3.35. The van der Waals surface area contributed by atoms with Crippen molar-refractivity contribution in [3.05, 3.63) is 0 Å². The summed E-state index contributed by atoms with van der Waals surface area (Å²) in [6.45, 7) is 3.49. The Morgan fingerprint density at radius 2 is 2.25 bits per heavy atom. The Bertz CT molecular complexity index is 52.5. The highest BCUT2D eigenvalue weighted by molar-refractivity contribution is 5.85. The van der Waals surface area contributed by atoms with Crippen LogP contribution >= 0.6 is 12.4 Å². The van der Waals surface area contributed by atoms with Gasteiger partial charge in [-0.3, -0.25) is 0 Å². The van der Waals surface area contributed by atoms with Crippen molar-refractivity contribution in [2.75, 3.05) is 6.54 Å². The van der Waals surface area contributed by atoms with Gasteiger partial charge in [-0.05, 0) is 19.4 Å². The van der Waals surface area contributed by atoms with Crippen LogP contribution in [0, 0.1) is 0 Å². The van der Waals surface area contributed by atoms with E-state index in [4.69, 9.17) is 0 Å².